The van der Waals surface area contributed by atoms with Crippen LogP contribution in [0.25, 0.3) is 0 Å². The highest BCUT2D eigenvalue weighted by Crippen LogP contribution is 2.47. The quantitative estimate of drug-likeness (QED) is 0.878. The lowest BCUT2D eigenvalue weighted by atomic mass is 10.0. The topological polar surface area (TPSA) is 77.9 Å². The monoisotopic (exact) mass is 348 g/mol. The number of carboxylic acids is 1. The van der Waals surface area contributed by atoms with Crippen LogP contribution in [0.4, 0.5) is 4.79 Å². The molecule has 2 fully saturated rings. The number of aliphatic carboxylic acids is 1. The van der Waals surface area contributed by atoms with Gasteiger partial charge in [0.25, 0.3) is 0 Å². The summed E-state index contributed by atoms with van der Waals surface area (Å²) in [6, 6.07) is 8.16. The van der Waals surface area contributed by atoms with Gasteiger partial charge < -0.3 is 10.0 Å². The fourth-order valence-corrected chi connectivity index (χ4v) is 5.03. The maximum Gasteiger partial charge on any atom is 0.327 e. The van der Waals surface area contributed by atoms with Crippen LogP contribution in [0, 0.1) is 0 Å². The largest absolute Gasteiger partial charge is 0.480 e. The van der Waals surface area contributed by atoms with Crippen molar-refractivity contribution in [2.45, 2.75) is 36.4 Å². The van der Waals surface area contributed by atoms with Crippen LogP contribution in [0.15, 0.2) is 30.3 Å². The summed E-state index contributed by atoms with van der Waals surface area (Å²) in [5.41, 5.74) is 0.911. The number of thioether (sulfide) groups is 1. The Bertz CT molecular complexity index is 676. The number of hydrogen-bond acceptors (Lipinski definition) is 4. The van der Waals surface area contributed by atoms with E-state index in [1.807, 2.05) is 44.2 Å². The van der Waals surface area contributed by atoms with Crippen LogP contribution >= 0.6 is 11.8 Å². The van der Waals surface area contributed by atoms with Gasteiger partial charge in [0.2, 0.25) is 0 Å². The number of carbonyl (C=O) groups excluding carboxylic acids is 2. The van der Waals surface area contributed by atoms with E-state index in [0.29, 0.717) is 6.54 Å². The van der Waals surface area contributed by atoms with Gasteiger partial charge in [-0.3, -0.25) is 9.69 Å². The molecule has 2 amide bonds. The van der Waals surface area contributed by atoms with Crippen LogP contribution < -0.4 is 0 Å². The summed E-state index contributed by atoms with van der Waals surface area (Å²) in [4.78, 5) is 39.3. The Morgan fingerprint density at radius 2 is 1.96 bits per heavy atom. The molecular formula is C17H20N2O4S. The first-order chi connectivity index (χ1) is 11.3. The molecule has 1 unspecified atom stereocenters. The minimum atomic E-state index is -0.999. The zero-order valence-corrected chi connectivity index (χ0v) is 14.5. The molecule has 3 rings (SSSR count). The second-order valence-electron chi connectivity index (χ2n) is 6.69. The highest BCUT2D eigenvalue weighted by Gasteiger charge is 2.57. The molecule has 0 aliphatic carbocycles. The summed E-state index contributed by atoms with van der Waals surface area (Å²) in [6.07, 6.45) is 0.274. The van der Waals surface area contributed by atoms with Gasteiger partial charge in [-0.15, -0.1) is 11.8 Å². The molecule has 0 radical (unpaired) electrons. The van der Waals surface area contributed by atoms with Gasteiger partial charge in [-0.25, -0.2) is 9.59 Å². The molecule has 2 aliphatic heterocycles. The standard InChI is InChI=1S/C17H20N2O4S/c1-17(2)14(15(21)22)19-13(24-17)10-18(16(19)23)9-12(20)8-11-6-4-3-5-7-11/h3-7,13-14H,8-10H2,1-2H3,(H,21,22)/t13?,14-/m0/s1. The Labute approximate surface area is 144 Å². The Hall–Kier alpha value is -2.02. The van der Waals surface area contributed by atoms with Crippen LogP contribution in [0.2, 0.25) is 0 Å². The second-order valence-corrected chi connectivity index (χ2v) is 8.52. The molecule has 128 valence electrons. The molecule has 0 aromatic heterocycles. The van der Waals surface area contributed by atoms with E-state index in [-0.39, 0.29) is 30.2 Å². The lowest BCUT2D eigenvalue weighted by molar-refractivity contribution is -0.142. The zero-order chi connectivity index (χ0) is 17.5. The summed E-state index contributed by atoms with van der Waals surface area (Å²) >= 11 is 1.48. The van der Waals surface area contributed by atoms with E-state index in [4.69, 9.17) is 0 Å². The molecular weight excluding hydrogens is 328 g/mol. The van der Waals surface area contributed by atoms with E-state index in [1.54, 1.807) is 0 Å². The predicted octanol–water partition coefficient (Wildman–Crippen LogP) is 1.84. The predicted molar refractivity (Wildman–Crippen MR) is 90.8 cm³/mol. The molecule has 2 aliphatic rings. The second kappa shape index (κ2) is 6.12. The molecule has 0 saturated carbocycles. The lowest BCUT2D eigenvalue weighted by Gasteiger charge is -2.28. The van der Waals surface area contributed by atoms with Crippen molar-refractivity contribution in [1.29, 1.82) is 0 Å². The molecule has 0 bridgehead atoms. The third-order valence-electron chi connectivity index (χ3n) is 4.40. The molecule has 2 saturated heterocycles. The first kappa shape index (κ1) is 16.8. The Morgan fingerprint density at radius 1 is 1.29 bits per heavy atom. The zero-order valence-electron chi connectivity index (χ0n) is 13.6. The summed E-state index contributed by atoms with van der Waals surface area (Å²) in [6.45, 7) is 4.09. The van der Waals surface area contributed by atoms with Crippen molar-refractivity contribution >= 4 is 29.5 Å². The molecule has 2 atom stereocenters. The van der Waals surface area contributed by atoms with Gasteiger partial charge in [0.15, 0.2) is 5.78 Å². The van der Waals surface area contributed by atoms with E-state index >= 15 is 0 Å². The molecule has 24 heavy (non-hydrogen) atoms. The molecule has 7 heteroatoms. The van der Waals surface area contributed by atoms with Crippen molar-refractivity contribution in [2.24, 2.45) is 0 Å². The van der Waals surface area contributed by atoms with Crippen molar-refractivity contribution in [3.63, 3.8) is 0 Å². The number of hydrogen-bond donors (Lipinski definition) is 1. The minimum Gasteiger partial charge on any atom is -0.480 e. The van der Waals surface area contributed by atoms with Gasteiger partial charge in [0.05, 0.1) is 18.5 Å². The number of nitrogens with zero attached hydrogens (tertiary/aromatic N) is 2. The number of urea groups is 1. The van der Waals surface area contributed by atoms with Crippen LogP contribution in [0.1, 0.15) is 19.4 Å². The molecule has 6 nitrogen and oxygen atoms in total. The van der Waals surface area contributed by atoms with Gasteiger partial charge in [0.1, 0.15) is 6.04 Å². The van der Waals surface area contributed by atoms with E-state index in [9.17, 15) is 19.5 Å². The molecule has 0 spiro atoms. The average molecular weight is 348 g/mol. The van der Waals surface area contributed by atoms with Gasteiger partial charge in [-0.1, -0.05) is 30.3 Å². The average Bonchev–Trinajstić information content (AvgIpc) is 2.91. The summed E-state index contributed by atoms with van der Waals surface area (Å²) < 4.78 is -0.535. The Morgan fingerprint density at radius 3 is 2.58 bits per heavy atom. The third kappa shape index (κ3) is 3.00. The maximum atomic E-state index is 12.6. The number of Topliss-reactive ketones (excluding diaryl/α,β-unsaturated/α-hetero) is 1. The van der Waals surface area contributed by atoms with E-state index < -0.39 is 16.8 Å². The molecule has 2 heterocycles. The Kier molecular flexibility index (Phi) is 4.29. The van der Waals surface area contributed by atoms with Crippen molar-refractivity contribution < 1.29 is 19.5 Å². The number of fused-ring (bicyclic) bond motifs is 1. The fraction of sp³-hybridized carbons (Fsp3) is 0.471. The summed E-state index contributed by atoms with van der Waals surface area (Å²) in [7, 11) is 0. The smallest absolute Gasteiger partial charge is 0.327 e. The van der Waals surface area contributed by atoms with E-state index in [2.05, 4.69) is 0 Å². The summed E-state index contributed by atoms with van der Waals surface area (Å²) in [5, 5.41) is 9.27. The number of carboxylic acid groups (broad SMARTS) is 1. The third-order valence-corrected chi connectivity index (χ3v) is 5.88. The van der Waals surface area contributed by atoms with Gasteiger partial charge in [0, 0.05) is 11.2 Å². The van der Waals surface area contributed by atoms with Crippen molar-refractivity contribution in [2.75, 3.05) is 13.1 Å². The Balaban J connectivity index is 1.67. The highest BCUT2D eigenvalue weighted by molar-refractivity contribution is 8.01. The number of benzene rings is 1. The minimum absolute atomic E-state index is 0.0219. The maximum absolute atomic E-state index is 12.6. The normalized spacial score (nSPS) is 25.0. The molecule has 1 N–H and O–H groups in total. The van der Waals surface area contributed by atoms with Gasteiger partial charge >= 0.3 is 12.0 Å². The van der Waals surface area contributed by atoms with Crippen LogP contribution in [-0.4, -0.2) is 61.9 Å². The van der Waals surface area contributed by atoms with E-state index in [1.165, 1.54) is 21.6 Å². The van der Waals surface area contributed by atoms with Crippen molar-refractivity contribution in [3.8, 4) is 0 Å². The van der Waals surface area contributed by atoms with Crippen LogP contribution in [0.3, 0.4) is 0 Å². The van der Waals surface area contributed by atoms with E-state index in [0.717, 1.165) is 5.56 Å². The highest BCUT2D eigenvalue weighted by atomic mass is 32.2. The fourth-order valence-electron chi connectivity index (χ4n) is 3.40. The number of rotatable bonds is 5. The first-order valence-corrected chi connectivity index (χ1v) is 8.71. The SMILES string of the molecule is CC1(C)SC2CN(CC(=O)Cc3ccccc3)C(=O)N2[C@H]1C(=O)O. The van der Waals surface area contributed by atoms with Crippen molar-refractivity contribution in [3.05, 3.63) is 35.9 Å². The number of ketones is 1. The van der Waals surface area contributed by atoms with Crippen molar-refractivity contribution in [1.82, 2.24) is 9.80 Å². The number of carbonyl (C=O) groups is 3. The molecule has 1 aromatic rings. The first-order valence-electron chi connectivity index (χ1n) is 7.83. The van der Waals surface area contributed by atoms with Gasteiger partial charge in [-0.05, 0) is 19.4 Å². The summed E-state index contributed by atoms with van der Waals surface area (Å²) in [5.74, 6) is -1.05. The lowest BCUT2D eigenvalue weighted by Crippen LogP contribution is -2.50. The van der Waals surface area contributed by atoms with Crippen LogP contribution in [-0.2, 0) is 16.0 Å². The van der Waals surface area contributed by atoms with Crippen LogP contribution in [0.5, 0.6) is 0 Å². The van der Waals surface area contributed by atoms with Gasteiger partial charge in [-0.2, -0.15) is 0 Å². The number of amides is 2. The molecule has 1 aromatic carbocycles.